The second kappa shape index (κ2) is 5.79. The van der Waals surface area contributed by atoms with Crippen molar-refractivity contribution in [1.82, 2.24) is 4.31 Å². The van der Waals surface area contributed by atoms with E-state index < -0.39 is 10.0 Å². The molecule has 20 heavy (non-hydrogen) atoms. The van der Waals surface area contributed by atoms with Crippen LogP contribution >= 0.6 is 15.9 Å². The van der Waals surface area contributed by atoms with Crippen molar-refractivity contribution in [2.45, 2.75) is 44.6 Å². The Morgan fingerprint density at radius 1 is 1.45 bits per heavy atom. The van der Waals surface area contributed by atoms with Gasteiger partial charge in [-0.15, -0.1) is 0 Å². The molecule has 1 saturated heterocycles. The first-order valence-electron chi connectivity index (χ1n) is 6.71. The summed E-state index contributed by atoms with van der Waals surface area (Å²) in [5.41, 5.74) is 0.232. The van der Waals surface area contributed by atoms with Gasteiger partial charge < -0.3 is 9.52 Å². The fourth-order valence-corrected chi connectivity index (χ4v) is 4.81. The molecule has 2 rings (SSSR count). The maximum Gasteiger partial charge on any atom is 0.247 e. The molecule has 2 heterocycles. The molecule has 5 nitrogen and oxygen atoms in total. The number of nitrogens with zero attached hydrogens (tertiary/aromatic N) is 1. The first-order valence-corrected chi connectivity index (χ1v) is 8.95. The molecule has 0 aromatic carbocycles. The topological polar surface area (TPSA) is 70.8 Å². The van der Waals surface area contributed by atoms with E-state index in [1.807, 2.05) is 0 Å². The van der Waals surface area contributed by atoms with E-state index >= 15 is 0 Å². The van der Waals surface area contributed by atoms with Gasteiger partial charge in [-0.25, -0.2) is 8.42 Å². The van der Waals surface area contributed by atoms with Crippen LogP contribution in [0.25, 0.3) is 0 Å². The second-order valence-electron chi connectivity index (χ2n) is 5.58. The lowest BCUT2D eigenvalue weighted by atomic mass is 9.79. The summed E-state index contributed by atoms with van der Waals surface area (Å²) in [4.78, 5) is 0.0988. The zero-order valence-corrected chi connectivity index (χ0v) is 14.1. The zero-order valence-electron chi connectivity index (χ0n) is 11.7. The quantitative estimate of drug-likeness (QED) is 0.890. The van der Waals surface area contributed by atoms with E-state index in [0.29, 0.717) is 13.1 Å². The van der Waals surface area contributed by atoms with E-state index in [-0.39, 0.29) is 27.3 Å². The molecule has 1 fully saturated rings. The molecule has 0 amide bonds. The molecule has 0 spiro atoms. The van der Waals surface area contributed by atoms with Gasteiger partial charge in [0, 0.05) is 19.2 Å². The van der Waals surface area contributed by atoms with E-state index in [1.54, 1.807) is 0 Å². The number of aliphatic hydroxyl groups is 1. The van der Waals surface area contributed by atoms with E-state index in [0.717, 1.165) is 19.3 Å². The van der Waals surface area contributed by atoms with Crippen LogP contribution in [-0.4, -0.2) is 30.9 Å². The molecule has 1 aromatic heterocycles. The van der Waals surface area contributed by atoms with Gasteiger partial charge in [0.2, 0.25) is 10.0 Å². The Morgan fingerprint density at radius 3 is 2.50 bits per heavy atom. The summed E-state index contributed by atoms with van der Waals surface area (Å²) in [7, 11) is -3.56. The van der Waals surface area contributed by atoms with Gasteiger partial charge in [0.15, 0.2) is 4.67 Å². The highest BCUT2D eigenvalue weighted by Crippen LogP contribution is 2.37. The van der Waals surface area contributed by atoms with Gasteiger partial charge in [-0.2, -0.15) is 4.31 Å². The molecule has 7 heteroatoms. The Balaban J connectivity index is 2.21. The van der Waals surface area contributed by atoms with Gasteiger partial charge in [0.05, 0.1) is 0 Å². The number of rotatable bonds is 4. The van der Waals surface area contributed by atoms with Crippen molar-refractivity contribution in [1.29, 1.82) is 0 Å². The molecule has 114 valence electrons. The zero-order chi connectivity index (χ0) is 15.0. The molecule has 1 aromatic rings. The van der Waals surface area contributed by atoms with Gasteiger partial charge in [0.25, 0.3) is 0 Å². The van der Waals surface area contributed by atoms with Gasteiger partial charge in [0.1, 0.15) is 17.3 Å². The van der Waals surface area contributed by atoms with E-state index in [4.69, 9.17) is 9.52 Å². The number of furan rings is 1. The van der Waals surface area contributed by atoms with Crippen LogP contribution in [0.3, 0.4) is 0 Å². The highest BCUT2D eigenvalue weighted by atomic mass is 79.9. The fraction of sp³-hybridized carbons (Fsp3) is 0.692. The van der Waals surface area contributed by atoms with Crippen LogP contribution in [0.4, 0.5) is 0 Å². The number of aliphatic hydroxyl groups excluding tert-OH is 1. The predicted molar refractivity (Wildman–Crippen MR) is 78.7 cm³/mol. The number of hydrogen-bond donors (Lipinski definition) is 1. The molecule has 1 N–H and O–H groups in total. The fourth-order valence-electron chi connectivity index (χ4n) is 2.41. The third-order valence-electron chi connectivity index (χ3n) is 4.26. The van der Waals surface area contributed by atoms with Crippen LogP contribution in [0.5, 0.6) is 0 Å². The highest BCUT2D eigenvalue weighted by Gasteiger charge is 2.36. The van der Waals surface area contributed by atoms with Crippen LogP contribution in [-0.2, 0) is 16.6 Å². The largest absolute Gasteiger partial charge is 0.450 e. The van der Waals surface area contributed by atoms with Crippen molar-refractivity contribution in [2.75, 3.05) is 13.1 Å². The lowest BCUT2D eigenvalue weighted by Gasteiger charge is -2.38. The minimum Gasteiger partial charge on any atom is -0.450 e. The maximum atomic E-state index is 12.6. The number of sulfonamides is 1. The van der Waals surface area contributed by atoms with Crippen LogP contribution in [0.2, 0.25) is 0 Å². The summed E-state index contributed by atoms with van der Waals surface area (Å²) in [5, 5.41) is 9.03. The van der Waals surface area contributed by atoms with Crippen LogP contribution < -0.4 is 0 Å². The monoisotopic (exact) mass is 365 g/mol. The Kier molecular flexibility index (Phi) is 4.63. The van der Waals surface area contributed by atoms with Gasteiger partial charge in [-0.1, -0.05) is 20.3 Å². The third kappa shape index (κ3) is 2.95. The Morgan fingerprint density at radius 2 is 2.05 bits per heavy atom. The molecular weight excluding hydrogens is 346 g/mol. The average Bonchev–Trinajstić information content (AvgIpc) is 2.81. The molecular formula is C13H20BrNO4S. The van der Waals surface area contributed by atoms with Gasteiger partial charge in [-0.3, -0.25) is 0 Å². The predicted octanol–water partition coefficient (Wildman–Crippen LogP) is 2.74. The lowest BCUT2D eigenvalue weighted by molar-refractivity contribution is 0.169. The summed E-state index contributed by atoms with van der Waals surface area (Å²) >= 11 is 3.11. The van der Waals surface area contributed by atoms with Gasteiger partial charge in [-0.05, 0) is 34.2 Å². The van der Waals surface area contributed by atoms with Crippen LogP contribution in [0.1, 0.15) is 38.9 Å². The third-order valence-corrected chi connectivity index (χ3v) is 7.02. The van der Waals surface area contributed by atoms with Crippen molar-refractivity contribution in [3.8, 4) is 0 Å². The normalized spacial score (nSPS) is 20.2. The minimum atomic E-state index is -3.56. The number of hydrogen-bond acceptors (Lipinski definition) is 4. The molecule has 0 saturated carbocycles. The Hall–Kier alpha value is -0.370. The van der Waals surface area contributed by atoms with E-state index in [1.165, 1.54) is 10.4 Å². The number of halogens is 1. The van der Waals surface area contributed by atoms with Crippen molar-refractivity contribution in [3.63, 3.8) is 0 Å². The molecule has 0 aliphatic carbocycles. The molecule has 0 unspecified atom stereocenters. The molecule has 1 aliphatic heterocycles. The summed E-state index contributed by atoms with van der Waals surface area (Å²) in [5.74, 6) is 0.242. The van der Waals surface area contributed by atoms with Crippen molar-refractivity contribution in [2.24, 2.45) is 5.41 Å². The van der Waals surface area contributed by atoms with Crippen molar-refractivity contribution < 1.29 is 17.9 Å². The van der Waals surface area contributed by atoms with Crippen molar-refractivity contribution in [3.05, 3.63) is 16.5 Å². The average molecular weight is 366 g/mol. The highest BCUT2D eigenvalue weighted by molar-refractivity contribution is 9.10. The lowest BCUT2D eigenvalue weighted by Crippen LogP contribution is -2.41. The maximum absolute atomic E-state index is 12.6. The summed E-state index contributed by atoms with van der Waals surface area (Å²) < 4.78 is 32.0. The first kappa shape index (κ1) is 16.0. The van der Waals surface area contributed by atoms with Crippen molar-refractivity contribution >= 4 is 26.0 Å². The number of piperidine rings is 1. The standard InChI is InChI=1S/C13H20BrNO4S/c1-3-13(2)4-6-15(7-5-13)20(17,18)11-8-10(9-16)19-12(11)14/h8,16H,3-7,9H2,1-2H3. The summed E-state index contributed by atoms with van der Waals surface area (Å²) in [6.45, 7) is 5.08. The smallest absolute Gasteiger partial charge is 0.247 e. The van der Waals surface area contributed by atoms with Crippen LogP contribution in [0, 0.1) is 5.41 Å². The van der Waals surface area contributed by atoms with Crippen LogP contribution in [0.15, 0.2) is 20.0 Å². The van der Waals surface area contributed by atoms with Gasteiger partial charge >= 0.3 is 0 Å². The Labute approximate surface area is 128 Å². The minimum absolute atomic E-state index is 0.0988. The summed E-state index contributed by atoms with van der Waals surface area (Å²) in [6, 6.07) is 1.38. The van der Waals surface area contributed by atoms with E-state index in [2.05, 4.69) is 29.8 Å². The summed E-state index contributed by atoms with van der Waals surface area (Å²) in [6.07, 6.45) is 2.79. The SMILES string of the molecule is CCC1(C)CCN(S(=O)(=O)c2cc(CO)oc2Br)CC1. The molecule has 0 atom stereocenters. The Bertz CT molecular complexity index is 573. The molecule has 0 radical (unpaired) electrons. The first-order chi connectivity index (χ1) is 9.32. The molecule has 1 aliphatic rings. The van der Waals surface area contributed by atoms with E-state index in [9.17, 15) is 8.42 Å². The second-order valence-corrected chi connectivity index (χ2v) is 8.20. The molecule has 0 bridgehead atoms.